The summed E-state index contributed by atoms with van der Waals surface area (Å²) in [4.78, 5) is 0. The molecule has 0 bridgehead atoms. The lowest BCUT2D eigenvalue weighted by atomic mass is 10.1. The molecule has 0 radical (unpaired) electrons. The molecule has 18 heavy (non-hydrogen) atoms. The summed E-state index contributed by atoms with van der Waals surface area (Å²) in [5.41, 5.74) is 0. The van der Waals surface area contributed by atoms with Crippen LogP contribution < -0.4 is 0 Å². The van der Waals surface area contributed by atoms with Crippen LogP contribution >= 0.6 is 15.9 Å². The second-order valence-corrected chi connectivity index (χ2v) is 6.02. The molecule has 1 rings (SSSR count). The smallest absolute Gasteiger partial charge is 0.0632 e. The maximum Gasteiger partial charge on any atom is 0.0632 e. The fourth-order valence-electron chi connectivity index (χ4n) is 2.22. The van der Waals surface area contributed by atoms with E-state index in [-0.39, 0.29) is 0 Å². The van der Waals surface area contributed by atoms with E-state index in [0.717, 1.165) is 11.0 Å². The number of hydrogen-bond acceptors (Lipinski definition) is 1. The van der Waals surface area contributed by atoms with Crippen LogP contribution in [0.3, 0.4) is 0 Å². The first kappa shape index (κ1) is 15.7. The summed E-state index contributed by atoms with van der Waals surface area (Å²) in [5.74, 6) is 0. The normalized spacial score (nSPS) is 11.0. The van der Waals surface area contributed by atoms with Crippen molar-refractivity contribution in [2.45, 2.75) is 77.7 Å². The maximum atomic E-state index is 4.26. The quantitative estimate of drug-likeness (QED) is 0.488. The van der Waals surface area contributed by atoms with E-state index in [2.05, 4.69) is 28.0 Å². The summed E-state index contributed by atoms with van der Waals surface area (Å²) in [6.45, 7) is 3.33. The number of halogens is 1. The van der Waals surface area contributed by atoms with Gasteiger partial charge in [-0.25, -0.2) is 0 Å². The Labute approximate surface area is 120 Å². The highest BCUT2D eigenvalue weighted by Gasteiger charge is 1.95. The SMILES string of the molecule is CCCCCCCCCCCCn1cc(Br)cn1. The third-order valence-corrected chi connectivity index (χ3v) is 3.75. The van der Waals surface area contributed by atoms with E-state index in [9.17, 15) is 0 Å². The fraction of sp³-hybridized carbons (Fsp3) is 0.800. The molecule has 0 atom stereocenters. The average Bonchev–Trinajstić information content (AvgIpc) is 2.77. The Morgan fingerprint density at radius 1 is 0.944 bits per heavy atom. The molecule has 0 unspecified atom stereocenters. The Kier molecular flexibility index (Phi) is 9.27. The summed E-state index contributed by atoms with van der Waals surface area (Å²) in [6.07, 6.45) is 17.8. The number of aryl methyl sites for hydroxylation is 1. The van der Waals surface area contributed by atoms with Crippen molar-refractivity contribution >= 4 is 15.9 Å². The highest BCUT2D eigenvalue weighted by atomic mass is 79.9. The maximum absolute atomic E-state index is 4.26. The number of hydrogen-bond donors (Lipinski definition) is 0. The van der Waals surface area contributed by atoms with Crippen molar-refractivity contribution < 1.29 is 0 Å². The molecule has 0 fully saturated rings. The van der Waals surface area contributed by atoms with Gasteiger partial charge in [0, 0.05) is 12.7 Å². The summed E-state index contributed by atoms with van der Waals surface area (Å²) < 4.78 is 3.10. The van der Waals surface area contributed by atoms with Crippen LogP contribution in [0.2, 0.25) is 0 Å². The molecule has 0 aromatic carbocycles. The zero-order chi connectivity index (χ0) is 13.1. The van der Waals surface area contributed by atoms with Crippen LogP contribution in [0, 0.1) is 0 Å². The van der Waals surface area contributed by atoms with E-state index >= 15 is 0 Å². The monoisotopic (exact) mass is 314 g/mol. The number of nitrogens with zero attached hydrogens (tertiary/aromatic N) is 2. The van der Waals surface area contributed by atoms with Crippen LogP contribution in [0.1, 0.15) is 71.1 Å². The Bertz CT molecular complexity index is 296. The van der Waals surface area contributed by atoms with Crippen molar-refractivity contribution in [3.8, 4) is 0 Å². The summed E-state index contributed by atoms with van der Waals surface area (Å²) in [7, 11) is 0. The minimum Gasteiger partial charge on any atom is -0.272 e. The first-order valence-corrected chi connectivity index (χ1v) is 8.30. The van der Waals surface area contributed by atoms with Gasteiger partial charge in [-0.05, 0) is 22.4 Å². The number of aromatic nitrogens is 2. The summed E-state index contributed by atoms with van der Waals surface area (Å²) >= 11 is 3.42. The first-order valence-electron chi connectivity index (χ1n) is 7.51. The molecule has 1 heterocycles. The van der Waals surface area contributed by atoms with E-state index in [1.807, 2.05) is 17.1 Å². The molecule has 0 aliphatic carbocycles. The van der Waals surface area contributed by atoms with Gasteiger partial charge < -0.3 is 0 Å². The van der Waals surface area contributed by atoms with Gasteiger partial charge in [-0.3, -0.25) is 4.68 Å². The van der Waals surface area contributed by atoms with E-state index in [0.29, 0.717) is 0 Å². The molecule has 0 aliphatic heterocycles. The fourth-order valence-corrected chi connectivity index (χ4v) is 2.55. The summed E-state index contributed by atoms with van der Waals surface area (Å²) in [5, 5.41) is 4.26. The lowest BCUT2D eigenvalue weighted by Crippen LogP contribution is -1.97. The van der Waals surface area contributed by atoms with Crippen molar-refractivity contribution in [3.05, 3.63) is 16.9 Å². The minimum absolute atomic E-state index is 1.06. The van der Waals surface area contributed by atoms with Crippen LogP contribution in [0.25, 0.3) is 0 Å². The molecule has 0 N–H and O–H groups in total. The Hall–Kier alpha value is -0.310. The van der Waals surface area contributed by atoms with Gasteiger partial charge >= 0.3 is 0 Å². The highest BCUT2D eigenvalue weighted by molar-refractivity contribution is 9.10. The predicted octanol–water partition coefficient (Wildman–Crippen LogP) is 5.57. The van der Waals surface area contributed by atoms with Gasteiger partial charge in [0.15, 0.2) is 0 Å². The highest BCUT2D eigenvalue weighted by Crippen LogP contribution is 2.11. The Morgan fingerprint density at radius 3 is 2.00 bits per heavy atom. The second-order valence-electron chi connectivity index (χ2n) is 5.10. The zero-order valence-corrected chi connectivity index (χ0v) is 13.3. The van der Waals surface area contributed by atoms with Crippen molar-refractivity contribution in [2.24, 2.45) is 0 Å². The molecule has 0 saturated carbocycles. The lowest BCUT2D eigenvalue weighted by Gasteiger charge is -2.03. The predicted molar refractivity (Wildman–Crippen MR) is 81.8 cm³/mol. The van der Waals surface area contributed by atoms with Crippen LogP contribution in [-0.2, 0) is 6.54 Å². The molecule has 0 aliphatic rings. The van der Waals surface area contributed by atoms with Crippen molar-refractivity contribution in [1.29, 1.82) is 0 Å². The third-order valence-electron chi connectivity index (χ3n) is 3.34. The molecule has 3 heteroatoms. The van der Waals surface area contributed by atoms with Crippen molar-refractivity contribution in [1.82, 2.24) is 9.78 Å². The molecule has 2 nitrogen and oxygen atoms in total. The van der Waals surface area contributed by atoms with Crippen molar-refractivity contribution in [3.63, 3.8) is 0 Å². The zero-order valence-electron chi connectivity index (χ0n) is 11.7. The third kappa shape index (κ3) is 7.91. The Morgan fingerprint density at radius 2 is 1.50 bits per heavy atom. The largest absolute Gasteiger partial charge is 0.272 e. The molecule has 0 spiro atoms. The van der Waals surface area contributed by atoms with Crippen molar-refractivity contribution in [2.75, 3.05) is 0 Å². The molecule has 1 aromatic heterocycles. The van der Waals surface area contributed by atoms with Gasteiger partial charge in [-0.2, -0.15) is 5.10 Å². The summed E-state index contributed by atoms with van der Waals surface area (Å²) in [6, 6.07) is 0. The topological polar surface area (TPSA) is 17.8 Å². The first-order chi connectivity index (χ1) is 8.83. The molecule has 0 amide bonds. The van der Waals surface area contributed by atoms with Gasteiger partial charge in [0.1, 0.15) is 0 Å². The van der Waals surface area contributed by atoms with E-state index < -0.39 is 0 Å². The molecule has 1 aromatic rings. The van der Waals surface area contributed by atoms with Crippen LogP contribution in [0.15, 0.2) is 16.9 Å². The van der Waals surface area contributed by atoms with Gasteiger partial charge in [-0.15, -0.1) is 0 Å². The number of unbranched alkanes of at least 4 members (excludes halogenated alkanes) is 9. The average molecular weight is 315 g/mol. The van der Waals surface area contributed by atoms with Gasteiger partial charge in [-0.1, -0.05) is 64.7 Å². The molecular formula is C15H27BrN2. The van der Waals surface area contributed by atoms with Gasteiger partial charge in [0.2, 0.25) is 0 Å². The molecular weight excluding hydrogens is 288 g/mol. The van der Waals surface area contributed by atoms with Gasteiger partial charge in [0.05, 0.1) is 10.7 Å². The molecule has 104 valence electrons. The Balaban J connectivity index is 1.81. The lowest BCUT2D eigenvalue weighted by molar-refractivity contribution is 0.515. The second kappa shape index (κ2) is 10.6. The molecule has 0 saturated heterocycles. The van der Waals surface area contributed by atoms with E-state index in [1.165, 1.54) is 64.2 Å². The van der Waals surface area contributed by atoms with Crippen LogP contribution in [-0.4, -0.2) is 9.78 Å². The standard InChI is InChI=1S/C15H27BrN2/c1-2-3-4-5-6-7-8-9-10-11-12-18-14-15(16)13-17-18/h13-14H,2-12H2,1H3. The van der Waals surface area contributed by atoms with Gasteiger partial charge in [0.25, 0.3) is 0 Å². The van der Waals surface area contributed by atoms with Crippen LogP contribution in [0.4, 0.5) is 0 Å². The van der Waals surface area contributed by atoms with E-state index in [1.54, 1.807) is 0 Å². The van der Waals surface area contributed by atoms with E-state index in [4.69, 9.17) is 0 Å². The number of rotatable bonds is 11. The minimum atomic E-state index is 1.06. The van der Waals surface area contributed by atoms with Crippen LogP contribution in [0.5, 0.6) is 0 Å².